The Bertz CT molecular complexity index is 423. The predicted octanol–water partition coefficient (Wildman–Crippen LogP) is 0.502. The van der Waals surface area contributed by atoms with Crippen molar-refractivity contribution in [2.45, 2.75) is 25.9 Å². The Morgan fingerprint density at radius 3 is 3.06 bits per heavy atom. The highest BCUT2D eigenvalue weighted by molar-refractivity contribution is 7.03. The topological polar surface area (TPSA) is 81.7 Å². The van der Waals surface area contributed by atoms with Gasteiger partial charge in [-0.05, 0) is 30.4 Å². The van der Waals surface area contributed by atoms with E-state index in [0.29, 0.717) is 0 Å². The maximum absolute atomic E-state index is 5.51. The number of nitrogens with two attached hydrogens (primary N) is 1. The number of nitrogens with zero attached hydrogens (tertiary/aromatic N) is 4. The molecule has 3 N–H and O–H groups in total. The van der Waals surface area contributed by atoms with Crippen LogP contribution in [0.4, 0.5) is 0 Å². The maximum Gasteiger partial charge on any atom is 0.0941 e. The summed E-state index contributed by atoms with van der Waals surface area (Å²) in [6, 6.07) is -0.00624. The Balaban J connectivity index is 2.07. The number of nitrogens with one attached hydrogen (secondary N) is 1. The zero-order chi connectivity index (χ0) is 11.4. The van der Waals surface area contributed by atoms with Gasteiger partial charge in [-0.1, -0.05) is 4.49 Å². The van der Waals surface area contributed by atoms with Crippen LogP contribution < -0.4 is 11.3 Å². The second kappa shape index (κ2) is 5.15. The minimum atomic E-state index is -0.00624. The van der Waals surface area contributed by atoms with Gasteiger partial charge >= 0.3 is 0 Å². The molecule has 0 aromatic carbocycles. The van der Waals surface area contributed by atoms with Crippen LogP contribution in [0.1, 0.15) is 24.2 Å². The lowest BCUT2D eigenvalue weighted by molar-refractivity contribution is 0.536. The lowest BCUT2D eigenvalue weighted by atomic mass is 10.1. The average Bonchev–Trinajstić information content (AvgIpc) is 2.96. The first-order valence-electron chi connectivity index (χ1n) is 5.08. The summed E-state index contributed by atoms with van der Waals surface area (Å²) in [5, 5.41) is 10.1. The molecule has 7 heteroatoms. The lowest BCUT2D eigenvalue weighted by Gasteiger charge is -2.10. The standard InChI is InChI=1S/C9H14N6S/c1-2-15-5-7(4-11-15)3-8(12-10)9-6-16-14-13-9/h4-6,8,12H,2-3,10H2,1H3. The first kappa shape index (κ1) is 11.2. The van der Waals surface area contributed by atoms with Crippen LogP contribution in [0.3, 0.4) is 0 Å². The zero-order valence-electron chi connectivity index (χ0n) is 9.00. The molecule has 2 rings (SSSR count). The van der Waals surface area contributed by atoms with Crippen molar-refractivity contribution < 1.29 is 0 Å². The number of hydrogen-bond donors (Lipinski definition) is 2. The third-order valence-electron chi connectivity index (χ3n) is 2.39. The van der Waals surface area contributed by atoms with Crippen molar-refractivity contribution in [3.63, 3.8) is 0 Å². The van der Waals surface area contributed by atoms with Gasteiger partial charge in [-0.25, -0.2) is 0 Å². The smallest absolute Gasteiger partial charge is 0.0941 e. The summed E-state index contributed by atoms with van der Waals surface area (Å²) in [6.07, 6.45) is 4.64. The van der Waals surface area contributed by atoms with Crippen molar-refractivity contribution in [1.82, 2.24) is 24.8 Å². The summed E-state index contributed by atoms with van der Waals surface area (Å²) in [6.45, 7) is 2.93. The molecule has 0 spiro atoms. The molecule has 0 aliphatic heterocycles. The van der Waals surface area contributed by atoms with Crippen LogP contribution in [-0.4, -0.2) is 19.4 Å². The molecule has 0 saturated carbocycles. The molecule has 2 heterocycles. The second-order valence-electron chi connectivity index (χ2n) is 3.46. The molecule has 0 saturated heterocycles. The number of rotatable bonds is 5. The maximum atomic E-state index is 5.51. The molecular formula is C9H14N6S. The van der Waals surface area contributed by atoms with Crippen LogP contribution in [0.2, 0.25) is 0 Å². The fraction of sp³-hybridized carbons (Fsp3) is 0.444. The highest BCUT2D eigenvalue weighted by Crippen LogP contribution is 2.15. The van der Waals surface area contributed by atoms with E-state index < -0.39 is 0 Å². The Morgan fingerprint density at radius 2 is 2.50 bits per heavy atom. The largest absolute Gasteiger partial charge is 0.273 e. The van der Waals surface area contributed by atoms with E-state index in [0.717, 1.165) is 24.2 Å². The van der Waals surface area contributed by atoms with E-state index >= 15 is 0 Å². The Kier molecular flexibility index (Phi) is 3.60. The van der Waals surface area contributed by atoms with Gasteiger partial charge in [0.2, 0.25) is 0 Å². The summed E-state index contributed by atoms with van der Waals surface area (Å²) >= 11 is 1.33. The number of aromatic nitrogens is 4. The molecule has 86 valence electrons. The monoisotopic (exact) mass is 238 g/mol. The third kappa shape index (κ3) is 2.43. The fourth-order valence-corrected chi connectivity index (χ4v) is 2.00. The lowest BCUT2D eigenvalue weighted by Crippen LogP contribution is -2.29. The third-order valence-corrected chi connectivity index (χ3v) is 2.91. The van der Waals surface area contributed by atoms with Crippen LogP contribution in [0.15, 0.2) is 17.8 Å². The second-order valence-corrected chi connectivity index (χ2v) is 4.07. The van der Waals surface area contributed by atoms with Gasteiger partial charge in [0, 0.05) is 18.1 Å². The van der Waals surface area contributed by atoms with Gasteiger partial charge in [0.1, 0.15) is 0 Å². The number of hydrogen-bond acceptors (Lipinski definition) is 6. The van der Waals surface area contributed by atoms with E-state index in [-0.39, 0.29) is 6.04 Å². The van der Waals surface area contributed by atoms with Gasteiger partial charge in [0.15, 0.2) is 0 Å². The molecule has 1 unspecified atom stereocenters. The molecule has 0 aliphatic carbocycles. The summed E-state index contributed by atoms with van der Waals surface area (Å²) in [5.74, 6) is 5.51. The van der Waals surface area contributed by atoms with Crippen LogP contribution in [0, 0.1) is 0 Å². The van der Waals surface area contributed by atoms with Gasteiger partial charge in [-0.15, -0.1) is 5.10 Å². The Morgan fingerprint density at radius 1 is 1.62 bits per heavy atom. The highest BCUT2D eigenvalue weighted by atomic mass is 32.1. The van der Waals surface area contributed by atoms with E-state index in [1.54, 1.807) is 0 Å². The average molecular weight is 238 g/mol. The van der Waals surface area contributed by atoms with Crippen molar-refractivity contribution in [3.05, 3.63) is 29.0 Å². The highest BCUT2D eigenvalue weighted by Gasteiger charge is 2.14. The van der Waals surface area contributed by atoms with E-state index in [4.69, 9.17) is 5.84 Å². The first-order chi connectivity index (χ1) is 7.83. The fourth-order valence-electron chi connectivity index (χ4n) is 1.49. The molecule has 16 heavy (non-hydrogen) atoms. The van der Waals surface area contributed by atoms with Crippen molar-refractivity contribution in [3.8, 4) is 0 Å². The number of aryl methyl sites for hydroxylation is 1. The molecular weight excluding hydrogens is 224 g/mol. The molecule has 0 amide bonds. The molecule has 1 atom stereocenters. The van der Waals surface area contributed by atoms with Gasteiger partial charge in [0.05, 0.1) is 17.9 Å². The van der Waals surface area contributed by atoms with Gasteiger partial charge in [-0.2, -0.15) is 5.10 Å². The Hall–Kier alpha value is -1.31. The summed E-state index contributed by atoms with van der Waals surface area (Å²) < 4.78 is 5.72. The molecule has 0 bridgehead atoms. The van der Waals surface area contributed by atoms with Gasteiger partial charge in [0.25, 0.3) is 0 Å². The normalized spacial score (nSPS) is 12.9. The van der Waals surface area contributed by atoms with Crippen LogP contribution in [0.25, 0.3) is 0 Å². The minimum Gasteiger partial charge on any atom is -0.273 e. The van der Waals surface area contributed by atoms with Crippen molar-refractivity contribution in [2.24, 2.45) is 5.84 Å². The first-order valence-corrected chi connectivity index (χ1v) is 5.91. The van der Waals surface area contributed by atoms with E-state index in [1.807, 2.05) is 22.5 Å². The van der Waals surface area contributed by atoms with E-state index in [2.05, 4.69) is 27.0 Å². The molecule has 0 radical (unpaired) electrons. The molecule has 0 fully saturated rings. The molecule has 0 aliphatic rings. The van der Waals surface area contributed by atoms with Crippen LogP contribution in [-0.2, 0) is 13.0 Å². The van der Waals surface area contributed by atoms with Crippen molar-refractivity contribution >= 4 is 11.5 Å². The van der Waals surface area contributed by atoms with Crippen molar-refractivity contribution in [1.29, 1.82) is 0 Å². The zero-order valence-corrected chi connectivity index (χ0v) is 9.81. The summed E-state index contributed by atoms with van der Waals surface area (Å²) in [4.78, 5) is 0. The Labute approximate surface area is 97.6 Å². The van der Waals surface area contributed by atoms with Crippen LogP contribution >= 0.6 is 11.5 Å². The summed E-state index contributed by atoms with van der Waals surface area (Å²) in [7, 11) is 0. The van der Waals surface area contributed by atoms with E-state index in [1.165, 1.54) is 11.5 Å². The molecule has 2 aromatic heterocycles. The van der Waals surface area contributed by atoms with Crippen molar-refractivity contribution in [2.75, 3.05) is 0 Å². The SMILES string of the molecule is CCn1cc(CC(NN)c2csnn2)cn1. The summed E-state index contributed by atoms with van der Waals surface area (Å²) in [5.41, 5.74) is 4.76. The minimum absolute atomic E-state index is 0.00624. The quantitative estimate of drug-likeness (QED) is 0.585. The van der Waals surface area contributed by atoms with Gasteiger partial charge < -0.3 is 0 Å². The van der Waals surface area contributed by atoms with Gasteiger partial charge in [-0.3, -0.25) is 16.0 Å². The molecule has 6 nitrogen and oxygen atoms in total. The number of hydrazine groups is 1. The van der Waals surface area contributed by atoms with Crippen LogP contribution in [0.5, 0.6) is 0 Å². The predicted molar refractivity (Wildman–Crippen MR) is 61.6 cm³/mol. The van der Waals surface area contributed by atoms with E-state index in [9.17, 15) is 0 Å². The molecule has 2 aromatic rings.